The number of hydrogen-bond acceptors (Lipinski definition) is 4. The number of aryl methyl sites for hydroxylation is 3. The van der Waals surface area contributed by atoms with E-state index in [1.165, 1.54) is 5.56 Å². The van der Waals surface area contributed by atoms with E-state index in [4.69, 9.17) is 0 Å². The molecule has 3 aromatic rings. The van der Waals surface area contributed by atoms with Gasteiger partial charge >= 0.3 is 0 Å². The van der Waals surface area contributed by atoms with Crippen LogP contribution in [0.15, 0.2) is 30.3 Å². The molecule has 1 N–H and O–H groups in total. The zero-order valence-corrected chi connectivity index (χ0v) is 17.2. The van der Waals surface area contributed by atoms with Crippen LogP contribution in [-0.4, -0.2) is 19.2 Å². The fourth-order valence-corrected chi connectivity index (χ4v) is 5.50. The number of benzene rings is 1. The van der Waals surface area contributed by atoms with Gasteiger partial charge in [-0.1, -0.05) is 43.2 Å². The minimum Gasteiger partial charge on any atom is -0.283 e. The summed E-state index contributed by atoms with van der Waals surface area (Å²) < 4.78 is 27.8. The number of hydrogen-bond donors (Lipinski definition) is 1. The molecule has 2 aromatic heterocycles. The van der Waals surface area contributed by atoms with Crippen molar-refractivity contribution in [2.45, 2.75) is 40.5 Å². The highest BCUT2D eigenvalue weighted by atomic mass is 32.2. The maximum absolute atomic E-state index is 12.5. The van der Waals surface area contributed by atoms with Gasteiger partial charge in [-0.2, -0.15) is 0 Å². The van der Waals surface area contributed by atoms with Crippen molar-refractivity contribution in [2.75, 3.05) is 10.5 Å². The highest BCUT2D eigenvalue weighted by molar-refractivity contribution is 7.92. The molecule has 4 nitrogen and oxygen atoms in total. The van der Waals surface area contributed by atoms with Crippen LogP contribution in [0.1, 0.15) is 35.9 Å². The number of aromatic nitrogens is 1. The van der Waals surface area contributed by atoms with E-state index >= 15 is 0 Å². The highest BCUT2D eigenvalue weighted by Gasteiger charge is 2.19. The second kappa shape index (κ2) is 7.37. The van der Waals surface area contributed by atoms with Crippen LogP contribution in [-0.2, 0) is 10.0 Å². The second-order valence-corrected chi connectivity index (χ2v) is 9.71. The molecule has 0 spiro atoms. The molecular weight excluding hydrogens is 364 g/mol. The van der Waals surface area contributed by atoms with Gasteiger partial charge in [0.1, 0.15) is 4.83 Å². The van der Waals surface area contributed by atoms with Gasteiger partial charge in [-0.15, -0.1) is 11.3 Å². The standard InChI is InChI=1S/C20H24N2O2S2/c1-5-6-10-26(23,24)22-17-12-14(3)21-20-19(17)18(15(4)25-20)16-9-7-8-13(2)11-16/h7-9,11-12H,5-6,10H2,1-4H3,(H,21,22). The monoisotopic (exact) mass is 388 g/mol. The summed E-state index contributed by atoms with van der Waals surface area (Å²) in [5.74, 6) is 0.134. The van der Waals surface area contributed by atoms with Crippen LogP contribution in [0, 0.1) is 20.8 Å². The molecule has 0 aliphatic heterocycles. The Morgan fingerprint density at radius 2 is 1.92 bits per heavy atom. The maximum Gasteiger partial charge on any atom is 0.232 e. The fraction of sp³-hybridized carbons (Fsp3) is 0.350. The van der Waals surface area contributed by atoms with Gasteiger partial charge in [0.15, 0.2) is 0 Å². The largest absolute Gasteiger partial charge is 0.283 e. The number of thiophene rings is 1. The predicted molar refractivity (Wildman–Crippen MR) is 112 cm³/mol. The van der Waals surface area contributed by atoms with Crippen LogP contribution in [0.25, 0.3) is 21.3 Å². The number of nitrogens with zero attached hydrogens (tertiary/aromatic N) is 1. The summed E-state index contributed by atoms with van der Waals surface area (Å²) in [4.78, 5) is 6.65. The van der Waals surface area contributed by atoms with E-state index in [0.29, 0.717) is 12.1 Å². The molecule has 6 heteroatoms. The predicted octanol–water partition coefficient (Wildman–Crippen LogP) is 5.43. The third kappa shape index (κ3) is 3.91. The molecule has 1 aromatic carbocycles. The van der Waals surface area contributed by atoms with Crippen LogP contribution >= 0.6 is 11.3 Å². The quantitative estimate of drug-likeness (QED) is 0.612. The Morgan fingerprint density at radius 1 is 1.15 bits per heavy atom. The maximum atomic E-state index is 12.5. The van der Waals surface area contributed by atoms with E-state index in [2.05, 4.69) is 41.8 Å². The molecule has 0 amide bonds. The molecular formula is C20H24N2O2S2. The number of anilines is 1. The molecule has 0 aliphatic carbocycles. The molecule has 0 bridgehead atoms. The lowest BCUT2D eigenvalue weighted by Gasteiger charge is -2.12. The molecule has 0 radical (unpaired) electrons. The van der Waals surface area contributed by atoms with Crippen LogP contribution in [0.4, 0.5) is 5.69 Å². The Kier molecular flexibility index (Phi) is 5.34. The number of fused-ring (bicyclic) bond motifs is 1. The van der Waals surface area contributed by atoms with Gasteiger partial charge in [-0.3, -0.25) is 4.72 Å². The first kappa shape index (κ1) is 18.9. The molecule has 0 atom stereocenters. The van der Waals surface area contributed by atoms with Gasteiger partial charge in [-0.25, -0.2) is 13.4 Å². The van der Waals surface area contributed by atoms with Crippen molar-refractivity contribution in [3.63, 3.8) is 0 Å². The minimum absolute atomic E-state index is 0.134. The zero-order valence-electron chi connectivity index (χ0n) is 15.6. The van der Waals surface area contributed by atoms with Crippen molar-refractivity contribution in [3.8, 4) is 11.1 Å². The van der Waals surface area contributed by atoms with Crippen molar-refractivity contribution in [3.05, 3.63) is 46.5 Å². The van der Waals surface area contributed by atoms with E-state index in [-0.39, 0.29) is 5.75 Å². The summed E-state index contributed by atoms with van der Waals surface area (Å²) >= 11 is 1.61. The Morgan fingerprint density at radius 3 is 2.62 bits per heavy atom. The topological polar surface area (TPSA) is 59.1 Å². The second-order valence-electron chi connectivity index (χ2n) is 6.67. The number of rotatable bonds is 6. The Bertz CT molecular complexity index is 1050. The molecule has 0 saturated heterocycles. The lowest BCUT2D eigenvalue weighted by atomic mass is 10.0. The Labute approximate surface area is 159 Å². The molecule has 0 unspecified atom stereocenters. The summed E-state index contributed by atoms with van der Waals surface area (Å²) in [7, 11) is -3.38. The average Bonchev–Trinajstić information content (AvgIpc) is 2.88. The van der Waals surface area contributed by atoms with Gasteiger partial charge in [0.2, 0.25) is 10.0 Å². The first-order valence-corrected chi connectivity index (χ1v) is 11.3. The highest BCUT2D eigenvalue weighted by Crippen LogP contribution is 2.42. The Balaban J connectivity index is 2.20. The first-order chi connectivity index (χ1) is 12.3. The van der Waals surface area contributed by atoms with E-state index in [1.807, 2.05) is 26.0 Å². The molecule has 0 aliphatic rings. The molecule has 0 saturated carbocycles. The van der Waals surface area contributed by atoms with Crippen molar-refractivity contribution >= 4 is 37.3 Å². The van der Waals surface area contributed by atoms with E-state index in [9.17, 15) is 8.42 Å². The van der Waals surface area contributed by atoms with Crippen LogP contribution in [0.2, 0.25) is 0 Å². The Hall–Kier alpha value is -1.92. The van der Waals surface area contributed by atoms with Crippen LogP contribution in [0.5, 0.6) is 0 Å². The lowest BCUT2D eigenvalue weighted by Crippen LogP contribution is -2.17. The number of pyridine rings is 1. The van der Waals surface area contributed by atoms with E-state index in [1.54, 1.807) is 11.3 Å². The third-order valence-corrected chi connectivity index (χ3v) is 6.66. The number of nitrogens with one attached hydrogen (secondary N) is 1. The van der Waals surface area contributed by atoms with Gasteiger partial charge in [0.25, 0.3) is 0 Å². The van der Waals surface area contributed by atoms with Crippen LogP contribution < -0.4 is 4.72 Å². The molecule has 2 heterocycles. The van der Waals surface area contributed by atoms with Crippen molar-refractivity contribution in [1.82, 2.24) is 4.98 Å². The molecule has 26 heavy (non-hydrogen) atoms. The van der Waals surface area contributed by atoms with Gasteiger partial charge in [-0.05, 0) is 38.8 Å². The number of sulfonamides is 1. The summed E-state index contributed by atoms with van der Waals surface area (Å²) in [6.45, 7) is 8.01. The van der Waals surface area contributed by atoms with E-state index < -0.39 is 10.0 Å². The average molecular weight is 389 g/mol. The van der Waals surface area contributed by atoms with E-state index in [0.717, 1.165) is 38.3 Å². The van der Waals surface area contributed by atoms with Crippen LogP contribution in [0.3, 0.4) is 0 Å². The normalized spacial score (nSPS) is 11.8. The zero-order chi connectivity index (χ0) is 18.9. The van der Waals surface area contributed by atoms with Crippen molar-refractivity contribution in [1.29, 1.82) is 0 Å². The van der Waals surface area contributed by atoms with Gasteiger partial charge in [0, 0.05) is 21.5 Å². The fourth-order valence-electron chi connectivity index (χ4n) is 3.11. The SMILES string of the molecule is CCCCS(=O)(=O)Nc1cc(C)nc2sc(C)c(-c3cccc(C)c3)c12. The number of unbranched alkanes of at least 4 members (excludes halogenated alkanes) is 1. The first-order valence-electron chi connectivity index (χ1n) is 8.79. The molecule has 0 fully saturated rings. The van der Waals surface area contributed by atoms with Crippen molar-refractivity contribution < 1.29 is 8.42 Å². The van der Waals surface area contributed by atoms with Crippen molar-refractivity contribution in [2.24, 2.45) is 0 Å². The summed E-state index contributed by atoms with van der Waals surface area (Å²) in [6, 6.07) is 10.1. The minimum atomic E-state index is -3.38. The molecule has 3 rings (SSSR count). The molecule has 138 valence electrons. The summed E-state index contributed by atoms with van der Waals surface area (Å²) in [6.07, 6.45) is 1.49. The smallest absolute Gasteiger partial charge is 0.232 e. The van der Waals surface area contributed by atoms with Gasteiger partial charge < -0.3 is 0 Å². The summed E-state index contributed by atoms with van der Waals surface area (Å²) in [5.41, 5.74) is 4.77. The lowest BCUT2D eigenvalue weighted by molar-refractivity contribution is 0.598. The van der Waals surface area contributed by atoms with Gasteiger partial charge in [0.05, 0.1) is 11.4 Å². The third-order valence-electron chi connectivity index (χ3n) is 4.30. The summed E-state index contributed by atoms with van der Waals surface area (Å²) in [5, 5.41) is 0.892.